The number of benzene rings is 1. The molecule has 144 valence electrons. The highest BCUT2D eigenvalue weighted by molar-refractivity contribution is 9.10. The maximum Gasteiger partial charge on any atom is 0.387 e. The lowest BCUT2D eigenvalue weighted by atomic mass is 9.95. The van der Waals surface area contributed by atoms with Crippen molar-refractivity contribution in [1.29, 1.82) is 5.26 Å². The fourth-order valence-corrected chi connectivity index (χ4v) is 4.03. The van der Waals surface area contributed by atoms with Gasteiger partial charge in [0.2, 0.25) is 0 Å². The molecule has 0 aliphatic heterocycles. The van der Waals surface area contributed by atoms with Crippen molar-refractivity contribution in [1.82, 2.24) is 14.4 Å². The summed E-state index contributed by atoms with van der Waals surface area (Å²) in [5.74, 6) is -0.324. The third-order valence-corrected chi connectivity index (χ3v) is 5.18. The van der Waals surface area contributed by atoms with Crippen LogP contribution in [0.4, 0.5) is 8.78 Å². The summed E-state index contributed by atoms with van der Waals surface area (Å²) in [7, 11) is 0. The van der Waals surface area contributed by atoms with Crippen LogP contribution in [0.3, 0.4) is 0 Å². The molecule has 28 heavy (non-hydrogen) atoms. The van der Waals surface area contributed by atoms with Crippen LogP contribution < -0.4 is 4.74 Å². The monoisotopic (exact) mass is 468 g/mol. The summed E-state index contributed by atoms with van der Waals surface area (Å²) in [5.41, 5.74) is 2.50. The van der Waals surface area contributed by atoms with Crippen LogP contribution in [0.15, 0.2) is 35.2 Å². The zero-order chi connectivity index (χ0) is 19.8. The quantitative estimate of drug-likeness (QED) is 0.533. The maximum absolute atomic E-state index is 12.9. The normalized spacial score (nSPS) is 18.4. The Hall–Kier alpha value is -2.28. The Balaban J connectivity index is 1.88. The Morgan fingerprint density at radius 1 is 1.43 bits per heavy atom. The number of ether oxygens (including phenoxy) is 2. The Bertz CT molecular complexity index is 1090. The minimum Gasteiger partial charge on any atom is -0.435 e. The molecule has 1 aliphatic carbocycles. The van der Waals surface area contributed by atoms with E-state index in [1.165, 1.54) is 12.1 Å². The van der Waals surface area contributed by atoms with Crippen molar-refractivity contribution in [3.05, 3.63) is 57.2 Å². The van der Waals surface area contributed by atoms with Gasteiger partial charge in [-0.3, -0.25) is 4.40 Å². The molecule has 2 aromatic heterocycles. The maximum atomic E-state index is 12.9. The number of rotatable bonds is 5. The van der Waals surface area contributed by atoms with E-state index in [2.05, 4.69) is 25.9 Å². The average molecular weight is 470 g/mol. The Labute approximate surface area is 171 Å². The van der Waals surface area contributed by atoms with Crippen LogP contribution in [0, 0.1) is 11.3 Å². The number of fused-ring (bicyclic) bond motifs is 3. The zero-order valence-electron chi connectivity index (χ0n) is 14.2. The molecular weight excluding hydrogens is 458 g/mol. The highest BCUT2D eigenvalue weighted by Gasteiger charge is 2.39. The van der Waals surface area contributed by atoms with E-state index in [9.17, 15) is 8.78 Å². The van der Waals surface area contributed by atoms with Gasteiger partial charge in [-0.1, -0.05) is 11.6 Å². The van der Waals surface area contributed by atoms with Crippen molar-refractivity contribution in [2.75, 3.05) is 6.61 Å². The highest BCUT2D eigenvalue weighted by Crippen LogP contribution is 2.48. The van der Waals surface area contributed by atoms with Crippen LogP contribution in [-0.4, -0.2) is 27.6 Å². The Morgan fingerprint density at radius 2 is 2.25 bits per heavy atom. The number of aromatic nitrogens is 3. The Kier molecular flexibility index (Phi) is 5.19. The smallest absolute Gasteiger partial charge is 0.387 e. The highest BCUT2D eigenvalue weighted by atomic mass is 79.9. The molecule has 4 rings (SSSR count). The van der Waals surface area contributed by atoms with Gasteiger partial charge < -0.3 is 9.47 Å². The summed E-state index contributed by atoms with van der Waals surface area (Å²) in [6, 6.07) is 6.48. The largest absolute Gasteiger partial charge is 0.435 e. The SMILES string of the molecule is N#CCO[C@H]1C[C@@H](c2cc(Cl)ccc2OC(F)F)c2c1nc1cnc(Br)cn21. The summed E-state index contributed by atoms with van der Waals surface area (Å²) in [5, 5.41) is 9.28. The summed E-state index contributed by atoms with van der Waals surface area (Å²) < 4.78 is 38.6. The van der Waals surface area contributed by atoms with Crippen LogP contribution in [0.2, 0.25) is 5.02 Å². The van der Waals surface area contributed by atoms with E-state index in [1.807, 2.05) is 10.5 Å². The predicted octanol–water partition coefficient (Wildman–Crippen LogP) is 4.86. The second kappa shape index (κ2) is 7.62. The van der Waals surface area contributed by atoms with E-state index < -0.39 is 12.7 Å². The number of nitrogens with zero attached hydrogens (tertiary/aromatic N) is 4. The molecular formula is C18H12BrClF2N4O2. The van der Waals surface area contributed by atoms with Crippen LogP contribution in [0.5, 0.6) is 5.75 Å². The van der Waals surface area contributed by atoms with Gasteiger partial charge in [0.05, 0.1) is 23.7 Å². The number of imidazole rings is 1. The van der Waals surface area contributed by atoms with Gasteiger partial charge in [-0.2, -0.15) is 14.0 Å². The fraction of sp³-hybridized carbons (Fsp3) is 0.278. The summed E-state index contributed by atoms with van der Waals surface area (Å²) in [6.45, 7) is -3.07. The van der Waals surface area contributed by atoms with Gasteiger partial charge in [-0.05, 0) is 40.5 Å². The summed E-state index contributed by atoms with van der Waals surface area (Å²) >= 11 is 9.48. The lowest BCUT2D eigenvalue weighted by molar-refractivity contribution is -0.0506. The van der Waals surface area contributed by atoms with Gasteiger partial charge in [-0.15, -0.1) is 0 Å². The predicted molar refractivity (Wildman–Crippen MR) is 99.5 cm³/mol. The van der Waals surface area contributed by atoms with E-state index in [0.29, 0.717) is 33.0 Å². The molecule has 1 aliphatic rings. The third-order valence-electron chi connectivity index (χ3n) is 4.54. The first-order chi connectivity index (χ1) is 13.5. The number of hydrogen-bond acceptors (Lipinski definition) is 5. The molecule has 0 spiro atoms. The molecule has 0 unspecified atom stereocenters. The Morgan fingerprint density at radius 3 is 3.00 bits per heavy atom. The average Bonchev–Trinajstić information content (AvgIpc) is 3.18. The van der Waals surface area contributed by atoms with Crippen molar-refractivity contribution < 1.29 is 18.3 Å². The molecule has 6 nitrogen and oxygen atoms in total. The van der Waals surface area contributed by atoms with E-state index in [-0.39, 0.29) is 18.3 Å². The number of hydrogen-bond donors (Lipinski definition) is 0. The molecule has 0 saturated carbocycles. The molecule has 0 radical (unpaired) electrons. The van der Waals surface area contributed by atoms with Crippen molar-refractivity contribution in [3.8, 4) is 11.8 Å². The number of halogens is 4. The zero-order valence-corrected chi connectivity index (χ0v) is 16.5. The van der Waals surface area contributed by atoms with Gasteiger partial charge >= 0.3 is 6.61 Å². The second-order valence-electron chi connectivity index (χ2n) is 6.13. The van der Waals surface area contributed by atoms with Gasteiger partial charge in [0.25, 0.3) is 0 Å². The molecule has 0 amide bonds. The lowest BCUT2D eigenvalue weighted by Gasteiger charge is -2.18. The van der Waals surface area contributed by atoms with Crippen LogP contribution in [0.25, 0.3) is 5.65 Å². The fourth-order valence-electron chi connectivity index (χ4n) is 3.54. The molecule has 2 atom stereocenters. The van der Waals surface area contributed by atoms with Crippen LogP contribution >= 0.6 is 27.5 Å². The molecule has 0 N–H and O–H groups in total. The number of alkyl halides is 2. The standard InChI is InChI=1S/C18H12BrClF2N4O2/c19-14-8-26-15(7-24-14)25-16-13(27-4-3-23)6-11(17(16)26)10-5-9(20)1-2-12(10)28-18(21)22/h1-2,5,7-8,11,13,18H,4,6H2/t11-,13-/m0/s1. The van der Waals surface area contributed by atoms with Gasteiger partial charge in [-0.25, -0.2) is 9.97 Å². The van der Waals surface area contributed by atoms with Gasteiger partial charge in [0, 0.05) is 22.7 Å². The van der Waals surface area contributed by atoms with E-state index in [4.69, 9.17) is 26.3 Å². The number of nitriles is 1. The molecule has 10 heteroatoms. The lowest BCUT2D eigenvalue weighted by Crippen LogP contribution is -2.09. The third kappa shape index (κ3) is 3.43. The molecule has 0 saturated heterocycles. The van der Waals surface area contributed by atoms with E-state index >= 15 is 0 Å². The van der Waals surface area contributed by atoms with Crippen molar-refractivity contribution in [2.24, 2.45) is 0 Å². The van der Waals surface area contributed by atoms with Crippen LogP contribution in [0.1, 0.15) is 35.4 Å². The van der Waals surface area contributed by atoms with E-state index in [0.717, 1.165) is 5.69 Å². The molecule has 0 fully saturated rings. The summed E-state index contributed by atoms with van der Waals surface area (Å²) in [4.78, 5) is 8.75. The molecule has 1 aromatic carbocycles. The minimum atomic E-state index is -2.97. The minimum absolute atomic E-state index is 0.0411. The first kappa shape index (κ1) is 19.1. The van der Waals surface area contributed by atoms with Gasteiger partial charge in [0.15, 0.2) is 5.65 Å². The molecule has 3 aromatic rings. The van der Waals surface area contributed by atoms with Crippen molar-refractivity contribution in [3.63, 3.8) is 0 Å². The first-order valence-electron chi connectivity index (χ1n) is 8.24. The molecule has 2 heterocycles. The van der Waals surface area contributed by atoms with Crippen molar-refractivity contribution >= 4 is 33.2 Å². The van der Waals surface area contributed by atoms with Crippen molar-refractivity contribution in [2.45, 2.75) is 25.1 Å². The molecule has 0 bridgehead atoms. The first-order valence-corrected chi connectivity index (χ1v) is 9.41. The van der Waals surface area contributed by atoms with Gasteiger partial charge in [0.1, 0.15) is 23.1 Å². The topological polar surface area (TPSA) is 72.4 Å². The van der Waals surface area contributed by atoms with Crippen LogP contribution in [-0.2, 0) is 4.74 Å². The summed E-state index contributed by atoms with van der Waals surface area (Å²) in [6.07, 6.45) is 3.30. The van der Waals surface area contributed by atoms with E-state index in [1.54, 1.807) is 18.5 Å². The second-order valence-corrected chi connectivity index (χ2v) is 7.38.